The number of amides is 1. The Morgan fingerprint density at radius 3 is 2.35 bits per heavy atom. The lowest BCUT2D eigenvalue weighted by Crippen LogP contribution is -2.49. The van der Waals surface area contributed by atoms with Crippen molar-refractivity contribution in [2.75, 3.05) is 37.6 Å². The number of nitrogens with zero attached hydrogens (tertiary/aromatic N) is 5. The Morgan fingerprint density at radius 2 is 1.62 bits per heavy atom. The van der Waals surface area contributed by atoms with E-state index < -0.39 is 10.0 Å². The zero-order valence-corrected chi connectivity index (χ0v) is 20.5. The molecule has 0 N–H and O–H groups in total. The van der Waals surface area contributed by atoms with Gasteiger partial charge < -0.3 is 9.80 Å². The number of para-hydroxylation sites is 1. The van der Waals surface area contributed by atoms with Gasteiger partial charge in [-0.05, 0) is 29.7 Å². The number of fused-ring (bicyclic) bond motifs is 1. The van der Waals surface area contributed by atoms with Crippen LogP contribution in [0.1, 0.15) is 21.5 Å². The highest BCUT2D eigenvalue weighted by molar-refractivity contribution is 7.89. The van der Waals surface area contributed by atoms with Crippen molar-refractivity contribution in [2.24, 2.45) is 7.05 Å². The standard InChI is InChI=1S/C24H26ClN5O3S/c1-27-17-20(24(31)29-11-10-18-6-2-3-7-19(18)16-29)23(26-27)34(32,33)30-14-12-28(13-15-30)22-9-5-4-8-21(22)25/h2-9,17H,10-16H2,1H3. The van der Waals surface area contributed by atoms with Gasteiger partial charge in [-0.2, -0.15) is 9.40 Å². The molecule has 2 aliphatic rings. The number of sulfonamides is 1. The van der Waals surface area contributed by atoms with E-state index >= 15 is 0 Å². The van der Waals surface area contributed by atoms with E-state index in [4.69, 9.17) is 11.6 Å². The monoisotopic (exact) mass is 499 g/mol. The summed E-state index contributed by atoms with van der Waals surface area (Å²) >= 11 is 6.32. The third-order valence-corrected chi connectivity index (χ3v) is 8.61. The minimum absolute atomic E-state index is 0.121. The number of piperazine rings is 1. The molecule has 3 aromatic rings. The average molecular weight is 500 g/mol. The van der Waals surface area contributed by atoms with E-state index in [1.54, 1.807) is 11.9 Å². The molecule has 0 radical (unpaired) electrons. The number of anilines is 1. The Kier molecular flexibility index (Phi) is 6.09. The summed E-state index contributed by atoms with van der Waals surface area (Å²) in [5.41, 5.74) is 3.32. The van der Waals surface area contributed by atoms with Gasteiger partial charge in [-0.3, -0.25) is 9.48 Å². The van der Waals surface area contributed by atoms with Gasteiger partial charge in [-0.1, -0.05) is 48.0 Å². The first-order chi connectivity index (χ1) is 16.3. The lowest BCUT2D eigenvalue weighted by Gasteiger charge is -2.35. The molecule has 8 nitrogen and oxygen atoms in total. The first kappa shape index (κ1) is 22.9. The van der Waals surface area contributed by atoms with E-state index in [9.17, 15) is 13.2 Å². The van der Waals surface area contributed by atoms with Gasteiger partial charge in [0.15, 0.2) is 0 Å². The molecule has 34 heavy (non-hydrogen) atoms. The molecule has 0 aliphatic carbocycles. The van der Waals surface area contributed by atoms with Gasteiger partial charge in [0.25, 0.3) is 15.9 Å². The van der Waals surface area contributed by atoms with Gasteiger partial charge in [0.2, 0.25) is 5.03 Å². The minimum atomic E-state index is -3.94. The number of carbonyl (C=O) groups excluding carboxylic acids is 1. The summed E-state index contributed by atoms with van der Waals surface area (Å²) in [6.45, 7) is 2.58. The number of halogens is 1. The van der Waals surface area contributed by atoms with Crippen LogP contribution < -0.4 is 4.90 Å². The van der Waals surface area contributed by atoms with E-state index in [0.717, 1.165) is 17.7 Å². The minimum Gasteiger partial charge on any atom is -0.368 e. The first-order valence-corrected chi connectivity index (χ1v) is 13.1. The quantitative estimate of drug-likeness (QED) is 0.551. The van der Waals surface area contributed by atoms with Crippen LogP contribution >= 0.6 is 11.6 Å². The predicted octanol–water partition coefficient (Wildman–Crippen LogP) is 2.78. The molecule has 178 valence electrons. The van der Waals surface area contributed by atoms with Crippen molar-refractivity contribution in [1.82, 2.24) is 19.0 Å². The summed E-state index contributed by atoms with van der Waals surface area (Å²) in [6.07, 6.45) is 2.25. The second-order valence-electron chi connectivity index (χ2n) is 8.61. The van der Waals surface area contributed by atoms with Crippen molar-refractivity contribution in [3.8, 4) is 0 Å². The molecule has 1 aromatic heterocycles. The summed E-state index contributed by atoms with van der Waals surface area (Å²) in [5.74, 6) is -0.309. The topological polar surface area (TPSA) is 78.8 Å². The number of hydrogen-bond donors (Lipinski definition) is 0. The summed E-state index contributed by atoms with van der Waals surface area (Å²) in [7, 11) is -2.30. The van der Waals surface area contributed by atoms with E-state index in [1.807, 2.05) is 42.5 Å². The Balaban J connectivity index is 1.35. The van der Waals surface area contributed by atoms with Gasteiger partial charge in [0, 0.05) is 52.5 Å². The zero-order chi connectivity index (χ0) is 23.9. The fourth-order valence-electron chi connectivity index (χ4n) is 4.64. The first-order valence-electron chi connectivity index (χ1n) is 11.2. The number of rotatable bonds is 4. The fraction of sp³-hybridized carbons (Fsp3) is 0.333. The van der Waals surface area contributed by atoms with E-state index in [2.05, 4.69) is 16.1 Å². The lowest BCUT2D eigenvalue weighted by molar-refractivity contribution is 0.0730. The maximum Gasteiger partial charge on any atom is 0.263 e. The Hall–Kier alpha value is -2.88. The van der Waals surface area contributed by atoms with Gasteiger partial charge in [-0.25, -0.2) is 8.42 Å². The van der Waals surface area contributed by atoms with Crippen LogP contribution in [0.2, 0.25) is 5.02 Å². The molecule has 10 heteroatoms. The van der Waals surface area contributed by atoms with Crippen molar-refractivity contribution in [3.63, 3.8) is 0 Å². The number of benzene rings is 2. The van der Waals surface area contributed by atoms with Crippen LogP contribution in [0.25, 0.3) is 0 Å². The third kappa shape index (κ3) is 4.19. The maximum atomic E-state index is 13.6. The van der Waals surface area contributed by atoms with Crippen LogP contribution in [0.3, 0.4) is 0 Å². The lowest BCUT2D eigenvalue weighted by atomic mass is 9.99. The fourth-order valence-corrected chi connectivity index (χ4v) is 6.44. The highest BCUT2D eigenvalue weighted by atomic mass is 35.5. The molecule has 1 fully saturated rings. The molecular weight excluding hydrogens is 474 g/mol. The maximum absolute atomic E-state index is 13.6. The van der Waals surface area contributed by atoms with E-state index in [1.165, 1.54) is 20.7 Å². The smallest absolute Gasteiger partial charge is 0.263 e. The van der Waals surface area contributed by atoms with Crippen LogP contribution in [0.15, 0.2) is 59.8 Å². The molecule has 0 unspecified atom stereocenters. The molecule has 2 aliphatic heterocycles. The van der Waals surface area contributed by atoms with Crippen molar-refractivity contribution in [2.45, 2.75) is 18.0 Å². The SMILES string of the molecule is Cn1cc(C(=O)N2CCc3ccccc3C2)c(S(=O)(=O)N2CCN(c3ccccc3Cl)CC2)n1. The molecule has 0 spiro atoms. The van der Waals surface area contributed by atoms with Crippen LogP contribution in [-0.4, -0.2) is 66.0 Å². The summed E-state index contributed by atoms with van der Waals surface area (Å²) in [5, 5.41) is 4.68. The van der Waals surface area contributed by atoms with Crippen LogP contribution in [-0.2, 0) is 30.0 Å². The summed E-state index contributed by atoms with van der Waals surface area (Å²) in [6, 6.07) is 15.6. The van der Waals surface area contributed by atoms with Gasteiger partial charge in [-0.15, -0.1) is 0 Å². The van der Waals surface area contributed by atoms with Crippen LogP contribution in [0, 0.1) is 0 Å². The van der Waals surface area contributed by atoms with Crippen LogP contribution in [0.4, 0.5) is 5.69 Å². The Labute approximate surface area is 204 Å². The van der Waals surface area contributed by atoms with E-state index in [0.29, 0.717) is 31.2 Å². The van der Waals surface area contributed by atoms with Crippen molar-refractivity contribution in [1.29, 1.82) is 0 Å². The van der Waals surface area contributed by atoms with Gasteiger partial charge >= 0.3 is 0 Å². The van der Waals surface area contributed by atoms with Crippen molar-refractivity contribution in [3.05, 3.63) is 76.4 Å². The van der Waals surface area contributed by atoms with Crippen molar-refractivity contribution >= 4 is 33.2 Å². The summed E-state index contributed by atoms with van der Waals surface area (Å²) in [4.78, 5) is 17.2. The molecular formula is C24H26ClN5O3S. The normalized spacial score (nSPS) is 17.0. The predicted molar refractivity (Wildman–Crippen MR) is 131 cm³/mol. The number of hydrogen-bond acceptors (Lipinski definition) is 5. The summed E-state index contributed by atoms with van der Waals surface area (Å²) < 4.78 is 29.9. The number of carbonyl (C=O) groups is 1. The second-order valence-corrected chi connectivity index (χ2v) is 10.9. The molecule has 3 heterocycles. The second kappa shape index (κ2) is 9.05. The molecule has 0 saturated carbocycles. The van der Waals surface area contributed by atoms with Gasteiger partial charge in [0.05, 0.1) is 16.3 Å². The average Bonchev–Trinajstić information content (AvgIpc) is 3.26. The van der Waals surface area contributed by atoms with E-state index in [-0.39, 0.29) is 29.6 Å². The number of aryl methyl sites for hydroxylation is 1. The zero-order valence-electron chi connectivity index (χ0n) is 18.9. The molecule has 1 saturated heterocycles. The molecule has 0 bridgehead atoms. The Morgan fingerprint density at radius 1 is 0.941 bits per heavy atom. The largest absolute Gasteiger partial charge is 0.368 e. The highest BCUT2D eigenvalue weighted by Crippen LogP contribution is 2.28. The highest BCUT2D eigenvalue weighted by Gasteiger charge is 2.36. The molecule has 2 aromatic carbocycles. The number of aromatic nitrogens is 2. The molecule has 1 amide bonds. The van der Waals surface area contributed by atoms with Gasteiger partial charge in [0.1, 0.15) is 0 Å². The van der Waals surface area contributed by atoms with Crippen molar-refractivity contribution < 1.29 is 13.2 Å². The van der Waals surface area contributed by atoms with Crippen LogP contribution in [0.5, 0.6) is 0 Å². The Bertz CT molecular complexity index is 1330. The molecule has 0 atom stereocenters. The molecule has 5 rings (SSSR count). The third-order valence-electron chi connectivity index (χ3n) is 6.46.